The molecule has 0 aromatic heterocycles. The van der Waals surface area contributed by atoms with E-state index < -0.39 is 0 Å². The molecule has 1 heterocycles. The summed E-state index contributed by atoms with van der Waals surface area (Å²) in [4.78, 5) is 1.75. The van der Waals surface area contributed by atoms with Crippen molar-refractivity contribution in [1.82, 2.24) is 0 Å². The second-order valence-corrected chi connectivity index (χ2v) is 7.31. The molecule has 0 radical (unpaired) electrons. The summed E-state index contributed by atoms with van der Waals surface area (Å²) < 4.78 is 0. The van der Waals surface area contributed by atoms with E-state index in [4.69, 9.17) is 0 Å². The molecule has 4 rings (SSSR count). The summed E-state index contributed by atoms with van der Waals surface area (Å²) in [5, 5.41) is 9.50. The second kappa shape index (κ2) is 5.57. The second-order valence-electron chi connectivity index (χ2n) is 7.31. The van der Waals surface area contributed by atoms with Gasteiger partial charge in [0.2, 0.25) is 0 Å². The lowest BCUT2D eigenvalue weighted by atomic mass is 9.52. The molecule has 21 heavy (non-hydrogen) atoms. The first-order chi connectivity index (χ1) is 9.74. The van der Waals surface area contributed by atoms with Gasteiger partial charge < -0.3 is 22.4 Å². The number of aliphatic hydroxyl groups is 1. The summed E-state index contributed by atoms with van der Waals surface area (Å²) in [7, 11) is 2.40. The zero-order valence-electron chi connectivity index (χ0n) is 12.9. The van der Waals surface area contributed by atoms with Crippen LogP contribution >= 0.6 is 0 Å². The van der Waals surface area contributed by atoms with Crippen LogP contribution in [-0.4, -0.2) is 24.7 Å². The van der Waals surface area contributed by atoms with Crippen molar-refractivity contribution in [3.8, 4) is 0 Å². The van der Waals surface area contributed by atoms with E-state index in [-0.39, 0.29) is 19.0 Å². The summed E-state index contributed by atoms with van der Waals surface area (Å²) in [6.07, 6.45) is 8.21. The van der Waals surface area contributed by atoms with Gasteiger partial charge in [-0.2, -0.15) is 0 Å². The lowest BCUT2D eigenvalue weighted by Crippen LogP contribution is -3.16. The van der Waals surface area contributed by atoms with E-state index >= 15 is 0 Å². The first-order valence-corrected chi connectivity index (χ1v) is 8.30. The molecule has 1 saturated heterocycles. The maximum atomic E-state index is 9.50. The van der Waals surface area contributed by atoms with Gasteiger partial charge in [-0.3, -0.25) is 0 Å². The number of piperidine rings is 1. The monoisotopic (exact) mass is 307 g/mol. The predicted molar refractivity (Wildman–Crippen MR) is 79.9 cm³/mol. The molecule has 3 heteroatoms. The summed E-state index contributed by atoms with van der Waals surface area (Å²) in [6.45, 7) is 1.51. The maximum Gasteiger partial charge on any atom is 0.0950 e. The topological polar surface area (TPSA) is 24.7 Å². The lowest BCUT2D eigenvalue weighted by Gasteiger charge is -2.56. The predicted octanol–water partition coefficient (Wildman–Crippen LogP) is -1.55. The number of quaternary nitrogens is 1. The van der Waals surface area contributed by atoms with Crippen molar-refractivity contribution < 1.29 is 22.4 Å². The van der Waals surface area contributed by atoms with Crippen LogP contribution in [0.15, 0.2) is 18.2 Å². The number of rotatable bonds is 1. The van der Waals surface area contributed by atoms with Crippen LogP contribution < -0.4 is 17.3 Å². The minimum absolute atomic E-state index is 0. The molecule has 0 spiro atoms. The van der Waals surface area contributed by atoms with Gasteiger partial charge in [0, 0.05) is 24.2 Å². The quantitative estimate of drug-likeness (QED) is 0.645. The molecule has 3 aliphatic rings. The normalized spacial score (nSPS) is 37.1. The zero-order chi connectivity index (χ0) is 13.7. The summed E-state index contributed by atoms with van der Waals surface area (Å²) in [6, 6.07) is 7.60. The van der Waals surface area contributed by atoms with Gasteiger partial charge in [0.05, 0.1) is 26.2 Å². The van der Waals surface area contributed by atoms with E-state index in [0.29, 0.717) is 5.41 Å². The van der Waals surface area contributed by atoms with Crippen LogP contribution in [0.1, 0.15) is 48.8 Å². The Morgan fingerprint density at radius 1 is 1.29 bits per heavy atom. The zero-order valence-corrected chi connectivity index (χ0v) is 13.6. The van der Waals surface area contributed by atoms with Crippen LogP contribution in [0, 0.1) is 5.92 Å². The van der Waals surface area contributed by atoms with Crippen molar-refractivity contribution in [1.29, 1.82) is 0 Å². The molecule has 2 aliphatic carbocycles. The van der Waals surface area contributed by atoms with E-state index in [1.165, 1.54) is 45.1 Å². The van der Waals surface area contributed by atoms with Gasteiger partial charge in [0.15, 0.2) is 0 Å². The fourth-order valence-corrected chi connectivity index (χ4v) is 5.50. The largest absolute Gasteiger partial charge is 1.00 e. The summed E-state index contributed by atoms with van der Waals surface area (Å²) in [5.41, 5.74) is 4.73. The Labute approximate surface area is 134 Å². The highest BCUT2D eigenvalue weighted by Crippen LogP contribution is 2.52. The van der Waals surface area contributed by atoms with Crippen LogP contribution in [0.5, 0.6) is 0 Å². The van der Waals surface area contributed by atoms with Gasteiger partial charge in [-0.25, -0.2) is 0 Å². The van der Waals surface area contributed by atoms with Gasteiger partial charge in [-0.15, -0.1) is 0 Å². The number of halogens is 1. The molecule has 1 aromatic carbocycles. The number of fused-ring (bicyclic) bond motifs is 1. The third kappa shape index (κ3) is 2.15. The van der Waals surface area contributed by atoms with Gasteiger partial charge in [0.25, 0.3) is 0 Å². The van der Waals surface area contributed by atoms with Gasteiger partial charge in [-0.1, -0.05) is 31.0 Å². The van der Waals surface area contributed by atoms with Gasteiger partial charge in [-0.05, 0) is 29.5 Å². The van der Waals surface area contributed by atoms with Crippen LogP contribution in [0.3, 0.4) is 0 Å². The molecule has 1 unspecified atom stereocenters. The number of aliphatic hydroxyl groups excluding tert-OH is 1. The van der Waals surface area contributed by atoms with Crippen molar-refractivity contribution in [3.63, 3.8) is 0 Å². The minimum Gasteiger partial charge on any atom is -1.00 e. The summed E-state index contributed by atoms with van der Waals surface area (Å²) >= 11 is 0. The van der Waals surface area contributed by atoms with Crippen LogP contribution in [0.2, 0.25) is 0 Å². The van der Waals surface area contributed by atoms with Crippen molar-refractivity contribution in [2.75, 3.05) is 13.6 Å². The van der Waals surface area contributed by atoms with E-state index in [0.717, 1.165) is 17.5 Å². The Balaban J connectivity index is 0.00000132. The van der Waals surface area contributed by atoms with Gasteiger partial charge >= 0.3 is 0 Å². The van der Waals surface area contributed by atoms with E-state index in [1.807, 2.05) is 0 Å². The first-order valence-electron chi connectivity index (χ1n) is 8.30. The highest BCUT2D eigenvalue weighted by molar-refractivity contribution is 5.42. The van der Waals surface area contributed by atoms with Gasteiger partial charge in [0.1, 0.15) is 0 Å². The van der Waals surface area contributed by atoms with Crippen molar-refractivity contribution in [2.24, 2.45) is 5.92 Å². The van der Waals surface area contributed by atoms with E-state index in [9.17, 15) is 5.11 Å². The lowest BCUT2D eigenvalue weighted by molar-refractivity contribution is -0.919. The van der Waals surface area contributed by atoms with Crippen molar-refractivity contribution in [3.05, 3.63) is 34.9 Å². The molecular formula is C18H26ClNO. The fourth-order valence-electron chi connectivity index (χ4n) is 5.50. The Kier molecular flexibility index (Phi) is 4.06. The average Bonchev–Trinajstić information content (AvgIpc) is 2.50. The molecule has 2 nitrogen and oxygen atoms in total. The average molecular weight is 308 g/mol. The Hall–Kier alpha value is -0.570. The molecule has 2 fully saturated rings. The van der Waals surface area contributed by atoms with Crippen LogP contribution in [-0.2, 0) is 18.4 Å². The highest BCUT2D eigenvalue weighted by Gasteiger charge is 2.55. The number of benzene rings is 1. The maximum absolute atomic E-state index is 9.50. The molecule has 4 atom stereocenters. The number of nitrogens with one attached hydrogen (secondary N) is 1. The Morgan fingerprint density at radius 2 is 2.14 bits per heavy atom. The molecule has 0 amide bonds. The summed E-state index contributed by atoms with van der Waals surface area (Å²) in [5.74, 6) is 0.881. The third-order valence-electron chi connectivity index (χ3n) is 6.52. The smallest absolute Gasteiger partial charge is 0.0950 e. The van der Waals surface area contributed by atoms with Crippen molar-refractivity contribution in [2.45, 2.75) is 56.6 Å². The SMILES string of the molecule is C[NH+]1CC[C@]23CCCC[C@H]2[C@H]1Cc1ccc(CO)cc13.[Cl-]. The molecule has 2 bridgehead atoms. The molecule has 1 aromatic rings. The van der Waals surface area contributed by atoms with E-state index in [2.05, 4.69) is 25.2 Å². The van der Waals surface area contributed by atoms with Crippen LogP contribution in [0.4, 0.5) is 0 Å². The van der Waals surface area contributed by atoms with Crippen LogP contribution in [0.25, 0.3) is 0 Å². The molecule has 2 N–H and O–H groups in total. The number of likely N-dealkylation sites (N-methyl/N-ethyl adjacent to an activating group) is 1. The Bertz CT molecular complexity index is 532. The first kappa shape index (κ1) is 15.3. The molecule has 1 saturated carbocycles. The number of hydrogen-bond acceptors (Lipinski definition) is 1. The Morgan fingerprint density at radius 3 is 2.95 bits per heavy atom. The molecule has 1 aliphatic heterocycles. The molecule has 116 valence electrons. The van der Waals surface area contributed by atoms with E-state index in [1.54, 1.807) is 16.0 Å². The standard InChI is InChI=1S/C18H25NO.ClH/c1-19-9-8-18-7-3-2-4-15(18)17(19)11-14-6-5-13(12-20)10-16(14)18;/h5-6,10,15,17,20H,2-4,7-9,11-12H2,1H3;1H/t15-,17+,18+;/m0./s1. The minimum atomic E-state index is 0. The fraction of sp³-hybridized carbons (Fsp3) is 0.667. The number of hydrogen-bond donors (Lipinski definition) is 2. The molecular weight excluding hydrogens is 282 g/mol. The highest BCUT2D eigenvalue weighted by atomic mass is 35.5. The third-order valence-corrected chi connectivity index (χ3v) is 6.52. The number of likely N-dealkylation sites (tertiary alicyclic amines) is 1. The van der Waals surface area contributed by atoms with Crippen molar-refractivity contribution >= 4 is 0 Å².